The van der Waals surface area contributed by atoms with Gasteiger partial charge in [0.2, 0.25) is 0 Å². The third kappa shape index (κ3) is 2.25. The first kappa shape index (κ1) is 10.7. The van der Waals surface area contributed by atoms with E-state index in [9.17, 15) is 4.79 Å². The smallest absolute Gasteiger partial charge is 0.317 e. The van der Waals surface area contributed by atoms with Crippen LogP contribution in [0.15, 0.2) is 0 Å². The molecular formula is C11H21N3O. The number of nitrogens with zero attached hydrogens (tertiary/aromatic N) is 1. The summed E-state index contributed by atoms with van der Waals surface area (Å²) in [7, 11) is 0. The van der Waals surface area contributed by atoms with Crippen LogP contribution in [0, 0.1) is 11.3 Å². The van der Waals surface area contributed by atoms with E-state index in [0.29, 0.717) is 11.3 Å². The van der Waals surface area contributed by atoms with Gasteiger partial charge in [-0.3, -0.25) is 0 Å². The number of urea groups is 1. The third-order valence-corrected chi connectivity index (χ3v) is 3.33. The van der Waals surface area contributed by atoms with Crippen molar-refractivity contribution in [1.29, 1.82) is 0 Å². The number of carbonyl (C=O) groups is 1. The zero-order valence-electron chi connectivity index (χ0n) is 9.68. The minimum Gasteiger partial charge on any atom is -0.338 e. The Bertz CT molecular complexity index is 238. The molecule has 2 amide bonds. The summed E-state index contributed by atoms with van der Waals surface area (Å²) < 4.78 is 0. The van der Waals surface area contributed by atoms with Gasteiger partial charge < -0.3 is 15.5 Å². The van der Waals surface area contributed by atoms with Crippen LogP contribution in [-0.2, 0) is 0 Å². The first-order valence-electron chi connectivity index (χ1n) is 5.85. The van der Waals surface area contributed by atoms with E-state index in [1.54, 1.807) is 0 Å². The Balaban J connectivity index is 1.71. The van der Waals surface area contributed by atoms with Crippen molar-refractivity contribution in [3.63, 3.8) is 0 Å². The summed E-state index contributed by atoms with van der Waals surface area (Å²) in [5.41, 5.74) is 0.412. The molecule has 4 heteroatoms. The molecular weight excluding hydrogens is 190 g/mol. The molecule has 2 N–H and O–H groups in total. The Morgan fingerprint density at radius 1 is 1.53 bits per heavy atom. The van der Waals surface area contributed by atoms with Crippen molar-refractivity contribution < 1.29 is 4.79 Å². The SMILES string of the molecule is CC(C)CNC(=O)N1CC2(CCNC2)C1. The van der Waals surface area contributed by atoms with E-state index < -0.39 is 0 Å². The molecule has 15 heavy (non-hydrogen) atoms. The molecule has 0 unspecified atom stereocenters. The number of rotatable bonds is 2. The van der Waals surface area contributed by atoms with Crippen LogP contribution in [0.2, 0.25) is 0 Å². The second-order valence-corrected chi connectivity index (χ2v) is 5.36. The molecule has 2 aliphatic rings. The highest BCUT2D eigenvalue weighted by Crippen LogP contribution is 2.35. The second kappa shape index (κ2) is 4.00. The van der Waals surface area contributed by atoms with Gasteiger partial charge in [-0.05, 0) is 18.9 Å². The number of carbonyl (C=O) groups excluding carboxylic acids is 1. The minimum atomic E-state index is 0.112. The first-order valence-corrected chi connectivity index (χ1v) is 5.85. The molecule has 0 aromatic rings. The predicted molar refractivity (Wildman–Crippen MR) is 59.7 cm³/mol. The Morgan fingerprint density at radius 2 is 2.27 bits per heavy atom. The fraction of sp³-hybridized carbons (Fsp3) is 0.909. The van der Waals surface area contributed by atoms with E-state index in [1.165, 1.54) is 6.42 Å². The van der Waals surface area contributed by atoms with Gasteiger partial charge in [-0.15, -0.1) is 0 Å². The van der Waals surface area contributed by atoms with Gasteiger partial charge in [0.25, 0.3) is 0 Å². The van der Waals surface area contributed by atoms with Crippen LogP contribution in [0.3, 0.4) is 0 Å². The molecule has 0 aromatic heterocycles. The third-order valence-electron chi connectivity index (χ3n) is 3.33. The predicted octanol–water partition coefficient (Wildman–Crippen LogP) is 0.647. The molecule has 86 valence electrons. The molecule has 2 heterocycles. The van der Waals surface area contributed by atoms with Crippen LogP contribution in [0.1, 0.15) is 20.3 Å². The molecule has 2 rings (SSSR count). The summed E-state index contributed by atoms with van der Waals surface area (Å²) in [6.45, 7) is 9.06. The molecule has 0 saturated carbocycles. The molecule has 0 atom stereocenters. The number of hydrogen-bond donors (Lipinski definition) is 2. The van der Waals surface area contributed by atoms with Crippen molar-refractivity contribution in [2.75, 3.05) is 32.7 Å². The number of nitrogens with one attached hydrogen (secondary N) is 2. The topological polar surface area (TPSA) is 44.4 Å². The van der Waals surface area contributed by atoms with Crippen LogP contribution < -0.4 is 10.6 Å². The Morgan fingerprint density at radius 3 is 2.80 bits per heavy atom. The summed E-state index contributed by atoms with van der Waals surface area (Å²) in [5.74, 6) is 0.525. The van der Waals surface area contributed by atoms with Crippen molar-refractivity contribution in [3.8, 4) is 0 Å². The fourth-order valence-electron chi connectivity index (χ4n) is 2.38. The van der Waals surface area contributed by atoms with Crippen molar-refractivity contribution in [3.05, 3.63) is 0 Å². The quantitative estimate of drug-likeness (QED) is 0.704. The van der Waals surface area contributed by atoms with E-state index in [2.05, 4.69) is 24.5 Å². The van der Waals surface area contributed by atoms with Crippen LogP contribution in [-0.4, -0.2) is 43.7 Å². The van der Waals surface area contributed by atoms with Crippen LogP contribution >= 0.6 is 0 Å². The minimum absolute atomic E-state index is 0.112. The molecule has 1 spiro atoms. The molecule has 0 radical (unpaired) electrons. The lowest BCUT2D eigenvalue weighted by Gasteiger charge is -2.47. The van der Waals surface area contributed by atoms with Crippen molar-refractivity contribution in [2.45, 2.75) is 20.3 Å². The number of amides is 2. The second-order valence-electron chi connectivity index (χ2n) is 5.36. The van der Waals surface area contributed by atoms with Crippen LogP contribution in [0.4, 0.5) is 4.79 Å². The lowest BCUT2D eigenvalue weighted by atomic mass is 9.79. The zero-order valence-corrected chi connectivity index (χ0v) is 9.68. The van der Waals surface area contributed by atoms with Crippen molar-refractivity contribution >= 4 is 6.03 Å². The molecule has 2 aliphatic heterocycles. The summed E-state index contributed by atoms with van der Waals surface area (Å²) in [6, 6.07) is 0.112. The van der Waals surface area contributed by atoms with Crippen molar-refractivity contribution in [1.82, 2.24) is 15.5 Å². The molecule has 0 aromatic carbocycles. The Hall–Kier alpha value is -0.770. The molecule has 2 fully saturated rings. The van der Waals surface area contributed by atoms with E-state index >= 15 is 0 Å². The highest BCUT2D eigenvalue weighted by atomic mass is 16.2. The fourth-order valence-corrected chi connectivity index (χ4v) is 2.38. The van der Waals surface area contributed by atoms with Crippen LogP contribution in [0.5, 0.6) is 0 Å². The van der Waals surface area contributed by atoms with Gasteiger partial charge in [0.15, 0.2) is 0 Å². The first-order chi connectivity index (χ1) is 7.11. The highest BCUT2D eigenvalue weighted by Gasteiger charge is 2.46. The molecule has 0 bridgehead atoms. The van der Waals surface area contributed by atoms with E-state index in [4.69, 9.17) is 0 Å². The average Bonchev–Trinajstić information content (AvgIpc) is 2.60. The van der Waals surface area contributed by atoms with Gasteiger partial charge in [-0.25, -0.2) is 4.79 Å². The maximum absolute atomic E-state index is 11.7. The zero-order chi connectivity index (χ0) is 10.9. The van der Waals surface area contributed by atoms with Gasteiger partial charge in [-0.1, -0.05) is 13.8 Å². The summed E-state index contributed by atoms with van der Waals surface area (Å²) in [5, 5.41) is 6.32. The lowest BCUT2D eigenvalue weighted by Crippen LogP contribution is -2.61. The summed E-state index contributed by atoms with van der Waals surface area (Å²) >= 11 is 0. The largest absolute Gasteiger partial charge is 0.338 e. The standard InChI is InChI=1S/C11H21N3O/c1-9(2)5-13-10(15)14-7-11(8-14)3-4-12-6-11/h9,12H,3-8H2,1-2H3,(H,13,15). The summed E-state index contributed by atoms with van der Waals surface area (Å²) in [6.07, 6.45) is 1.22. The van der Waals surface area contributed by atoms with Gasteiger partial charge in [0.1, 0.15) is 0 Å². The van der Waals surface area contributed by atoms with Crippen LogP contribution in [0.25, 0.3) is 0 Å². The average molecular weight is 211 g/mol. The Kier molecular flexibility index (Phi) is 2.87. The van der Waals surface area contributed by atoms with Gasteiger partial charge in [0, 0.05) is 31.6 Å². The molecule has 2 saturated heterocycles. The molecule has 0 aliphatic carbocycles. The number of likely N-dealkylation sites (tertiary alicyclic amines) is 1. The van der Waals surface area contributed by atoms with E-state index in [1.807, 2.05) is 4.90 Å². The molecule has 4 nitrogen and oxygen atoms in total. The maximum atomic E-state index is 11.7. The monoisotopic (exact) mass is 211 g/mol. The highest BCUT2D eigenvalue weighted by molar-refractivity contribution is 5.75. The lowest BCUT2D eigenvalue weighted by molar-refractivity contribution is 0.0476. The maximum Gasteiger partial charge on any atom is 0.317 e. The van der Waals surface area contributed by atoms with Gasteiger partial charge in [0.05, 0.1) is 0 Å². The van der Waals surface area contributed by atoms with E-state index in [-0.39, 0.29) is 6.03 Å². The number of hydrogen-bond acceptors (Lipinski definition) is 2. The normalized spacial score (nSPS) is 23.3. The van der Waals surface area contributed by atoms with Crippen molar-refractivity contribution in [2.24, 2.45) is 11.3 Å². The van der Waals surface area contributed by atoms with E-state index in [0.717, 1.165) is 32.7 Å². The van der Waals surface area contributed by atoms with Gasteiger partial charge in [-0.2, -0.15) is 0 Å². The van der Waals surface area contributed by atoms with Gasteiger partial charge >= 0.3 is 6.03 Å². The Labute approximate surface area is 91.4 Å². The summed E-state index contributed by atoms with van der Waals surface area (Å²) in [4.78, 5) is 13.6.